The number of morpholine rings is 2. The summed E-state index contributed by atoms with van der Waals surface area (Å²) in [6.07, 6.45) is 4.96. The highest BCUT2D eigenvalue weighted by Gasteiger charge is 2.27. The lowest BCUT2D eigenvalue weighted by Crippen LogP contribution is -2.46. The fourth-order valence-corrected chi connectivity index (χ4v) is 8.76. The number of pyridine rings is 1. The summed E-state index contributed by atoms with van der Waals surface area (Å²) in [7, 11) is 0. The summed E-state index contributed by atoms with van der Waals surface area (Å²) in [5, 5.41) is 3.84. The van der Waals surface area contributed by atoms with Crippen molar-refractivity contribution in [1.29, 1.82) is 0 Å². The van der Waals surface area contributed by atoms with Crippen LogP contribution in [-0.4, -0.2) is 74.6 Å². The predicted molar refractivity (Wildman–Crippen MR) is 162 cm³/mol. The van der Waals surface area contributed by atoms with E-state index < -0.39 is 0 Å². The third kappa shape index (κ3) is 5.67. The van der Waals surface area contributed by atoms with Gasteiger partial charge < -0.3 is 24.7 Å². The topological polar surface area (TPSA) is 69.8 Å². The minimum absolute atomic E-state index is 0.0693. The van der Waals surface area contributed by atoms with Crippen LogP contribution in [-0.2, 0) is 9.47 Å². The molecule has 0 bridgehead atoms. The molecule has 2 N–H and O–H groups in total. The lowest BCUT2D eigenvalue weighted by molar-refractivity contribution is 0.00791. The number of rotatable bonds is 5. The molecule has 0 unspecified atom stereocenters. The van der Waals surface area contributed by atoms with Crippen LogP contribution in [0.1, 0.15) is 25.7 Å². The van der Waals surface area contributed by atoms with Crippen LogP contribution in [0.2, 0.25) is 0 Å². The molecule has 1 aliphatic carbocycles. The molecule has 7 nitrogen and oxygen atoms in total. The van der Waals surface area contributed by atoms with Gasteiger partial charge in [-0.1, -0.05) is 35.7 Å². The van der Waals surface area contributed by atoms with Crippen LogP contribution in [0.3, 0.4) is 0 Å². The van der Waals surface area contributed by atoms with Crippen molar-refractivity contribution in [2.75, 3.05) is 62.8 Å². The fourth-order valence-electron chi connectivity index (χ4n) is 6.35. The number of hydrogen-bond acceptors (Lipinski definition) is 8. The molecule has 7 rings (SSSR count). The predicted octanol–water partition coefficient (Wildman–Crippen LogP) is 5.55. The van der Waals surface area contributed by atoms with Gasteiger partial charge in [0, 0.05) is 80.8 Å². The Hall–Kier alpha value is -2.43. The number of nitrogens with one attached hydrogen (secondary N) is 2. The normalized spacial score (nSPS) is 23.4. The maximum atomic E-state index is 12.7. The van der Waals surface area contributed by atoms with Crippen LogP contribution in [0.15, 0.2) is 72.9 Å². The quantitative estimate of drug-likeness (QED) is 0.321. The van der Waals surface area contributed by atoms with Gasteiger partial charge in [0.05, 0.1) is 32.1 Å². The van der Waals surface area contributed by atoms with E-state index in [0.717, 1.165) is 56.3 Å². The average molecular weight is 577 g/mol. The van der Waals surface area contributed by atoms with E-state index in [9.17, 15) is 4.79 Å². The van der Waals surface area contributed by atoms with E-state index in [1.165, 1.54) is 51.0 Å². The maximum absolute atomic E-state index is 12.7. The van der Waals surface area contributed by atoms with E-state index in [1.54, 1.807) is 17.8 Å². The van der Waals surface area contributed by atoms with Crippen molar-refractivity contribution in [3.8, 4) is 11.3 Å². The van der Waals surface area contributed by atoms with Gasteiger partial charge >= 0.3 is 0 Å². The van der Waals surface area contributed by atoms with Crippen molar-refractivity contribution in [3.05, 3.63) is 58.9 Å². The highest BCUT2D eigenvalue weighted by Crippen LogP contribution is 2.52. The number of aromatic amines is 1. The van der Waals surface area contributed by atoms with Crippen LogP contribution in [0, 0.1) is 0 Å². The summed E-state index contributed by atoms with van der Waals surface area (Å²) in [5.74, 6) is 0. The molecule has 4 heterocycles. The zero-order chi connectivity index (χ0) is 26.9. The summed E-state index contributed by atoms with van der Waals surface area (Å²) >= 11 is 3.63. The zero-order valence-electron chi connectivity index (χ0n) is 22.7. The second-order valence-corrected chi connectivity index (χ2v) is 13.1. The number of aromatic nitrogens is 1. The Morgan fingerprint density at radius 2 is 1.57 bits per heavy atom. The highest BCUT2D eigenvalue weighted by molar-refractivity contribution is 8.05. The molecule has 3 aliphatic heterocycles. The first-order valence-electron chi connectivity index (χ1n) is 14.5. The van der Waals surface area contributed by atoms with E-state index in [-0.39, 0.29) is 5.56 Å². The monoisotopic (exact) mass is 576 g/mol. The Labute approximate surface area is 244 Å². The minimum atomic E-state index is -0.0693. The first-order chi connectivity index (χ1) is 19.7. The molecular formula is C31H36N4O3S2. The minimum Gasteiger partial charge on any atom is -0.382 e. The second kappa shape index (κ2) is 11.8. The van der Waals surface area contributed by atoms with E-state index in [4.69, 9.17) is 9.47 Å². The van der Waals surface area contributed by atoms with E-state index in [2.05, 4.69) is 62.6 Å². The summed E-state index contributed by atoms with van der Waals surface area (Å²) < 4.78 is 11.1. The van der Waals surface area contributed by atoms with Crippen molar-refractivity contribution < 1.29 is 9.47 Å². The van der Waals surface area contributed by atoms with Crippen molar-refractivity contribution in [3.63, 3.8) is 0 Å². The summed E-state index contributed by atoms with van der Waals surface area (Å²) in [4.78, 5) is 25.6. The Bertz CT molecular complexity index is 1410. The molecule has 0 radical (unpaired) electrons. The average Bonchev–Trinajstić information content (AvgIpc) is 3.01. The number of nitrogens with zero attached hydrogens (tertiary/aromatic N) is 2. The Kier molecular flexibility index (Phi) is 7.82. The fraction of sp³-hybridized carbons (Fsp3) is 0.452. The summed E-state index contributed by atoms with van der Waals surface area (Å²) in [5.41, 5.74) is 4.05. The van der Waals surface area contributed by atoms with E-state index >= 15 is 0 Å². The first-order valence-corrected chi connectivity index (χ1v) is 16.1. The highest BCUT2D eigenvalue weighted by atomic mass is 32.2. The van der Waals surface area contributed by atoms with Gasteiger partial charge in [0.2, 0.25) is 5.56 Å². The molecule has 2 saturated heterocycles. The van der Waals surface area contributed by atoms with Gasteiger partial charge in [0.25, 0.3) is 0 Å². The molecule has 1 saturated carbocycles. The number of hydrogen-bond donors (Lipinski definition) is 2. The molecule has 9 heteroatoms. The van der Waals surface area contributed by atoms with Gasteiger partial charge in [-0.05, 0) is 56.0 Å². The molecule has 1 aromatic heterocycles. The first kappa shape index (κ1) is 26.5. The molecule has 3 aromatic rings. The largest absolute Gasteiger partial charge is 0.382 e. The van der Waals surface area contributed by atoms with Crippen LogP contribution in [0.25, 0.3) is 11.3 Å². The molecule has 0 atom stereocenters. The second-order valence-electron chi connectivity index (χ2n) is 11.0. The third-order valence-electron chi connectivity index (χ3n) is 8.48. The van der Waals surface area contributed by atoms with Crippen molar-refractivity contribution >= 4 is 34.9 Å². The number of H-pyrrole nitrogens is 1. The van der Waals surface area contributed by atoms with Gasteiger partial charge in [-0.2, -0.15) is 0 Å². The molecule has 0 amide bonds. The number of benzene rings is 2. The van der Waals surface area contributed by atoms with Crippen LogP contribution < -0.4 is 15.8 Å². The lowest BCUT2D eigenvalue weighted by Gasteiger charge is -2.39. The Morgan fingerprint density at radius 1 is 0.800 bits per heavy atom. The molecule has 210 valence electrons. The molecular weight excluding hydrogens is 541 g/mol. The van der Waals surface area contributed by atoms with Gasteiger partial charge in [0.15, 0.2) is 0 Å². The van der Waals surface area contributed by atoms with E-state index in [0.29, 0.717) is 25.3 Å². The maximum Gasteiger partial charge on any atom is 0.250 e. The Morgan fingerprint density at radius 3 is 2.38 bits per heavy atom. The van der Waals surface area contributed by atoms with Crippen molar-refractivity contribution in [2.45, 2.75) is 57.3 Å². The number of ether oxygens (including phenoxy) is 2. The number of fused-ring (bicyclic) bond motifs is 2. The summed E-state index contributed by atoms with van der Waals surface area (Å²) in [6, 6.07) is 18.3. The van der Waals surface area contributed by atoms with Crippen molar-refractivity contribution in [2.24, 2.45) is 0 Å². The molecule has 40 heavy (non-hydrogen) atoms. The molecule has 2 aromatic carbocycles. The lowest BCUT2D eigenvalue weighted by atomic mass is 9.90. The third-order valence-corrected chi connectivity index (χ3v) is 11.1. The molecule has 0 spiro atoms. The van der Waals surface area contributed by atoms with Crippen molar-refractivity contribution in [1.82, 2.24) is 9.88 Å². The van der Waals surface area contributed by atoms with Crippen LogP contribution in [0.4, 0.5) is 11.4 Å². The van der Waals surface area contributed by atoms with Gasteiger partial charge in [0.1, 0.15) is 0 Å². The van der Waals surface area contributed by atoms with Gasteiger partial charge in [-0.3, -0.25) is 9.69 Å². The van der Waals surface area contributed by atoms with Gasteiger partial charge in [-0.25, -0.2) is 0 Å². The van der Waals surface area contributed by atoms with Crippen LogP contribution >= 0.6 is 23.5 Å². The SMILES string of the molecule is O=c1cc(N2CCOCC2)cc(-c2cccc3c2Sc2ccc(NC4CCC(N5CCOCC5)CC4)cc2S3)[nH]1. The Balaban J connectivity index is 1.06. The summed E-state index contributed by atoms with van der Waals surface area (Å²) in [6.45, 7) is 6.93. The van der Waals surface area contributed by atoms with Crippen LogP contribution in [0.5, 0.6) is 0 Å². The van der Waals surface area contributed by atoms with Gasteiger partial charge in [-0.15, -0.1) is 0 Å². The zero-order valence-corrected chi connectivity index (χ0v) is 24.3. The van der Waals surface area contributed by atoms with E-state index in [1.807, 2.05) is 11.8 Å². The number of anilines is 2. The molecule has 3 fully saturated rings. The molecule has 4 aliphatic rings. The standard InChI is InChI=1S/C31H36N4O3S2/c36-30-20-24(35-12-16-38-17-13-35)19-26(33-30)25-2-1-3-28-31(25)40-27-9-6-22(18-29(27)39-28)32-21-4-7-23(8-5-21)34-10-14-37-15-11-34/h1-3,6,9,18-21,23,32H,4-5,7-8,10-17H2,(H,33,36). The smallest absolute Gasteiger partial charge is 0.250 e.